The van der Waals surface area contributed by atoms with E-state index < -0.39 is 0 Å². The largest absolute Gasteiger partial charge is 0.275 e. The topological polar surface area (TPSA) is 43.6 Å². The molecule has 105 valence electrons. The fourth-order valence-corrected chi connectivity index (χ4v) is 2.57. The van der Waals surface area contributed by atoms with Crippen LogP contribution in [0.25, 0.3) is 33.2 Å². The number of benzene rings is 1. The standard InChI is InChI=1S/C18H13N4/c1-22-12-16(10-21-22)13-4-6-14(7-5-13)17-11-19-9-15-3-2-8-20-18(15)17/h2-7,9-12H,1H3. The van der Waals surface area contributed by atoms with Crippen molar-refractivity contribution < 1.29 is 0 Å². The summed E-state index contributed by atoms with van der Waals surface area (Å²) in [5.41, 5.74) is 5.29. The Kier molecular flexibility index (Phi) is 2.93. The van der Waals surface area contributed by atoms with Crippen molar-refractivity contribution in [1.29, 1.82) is 0 Å². The van der Waals surface area contributed by atoms with Gasteiger partial charge in [0.2, 0.25) is 0 Å². The van der Waals surface area contributed by atoms with Gasteiger partial charge in [0.05, 0.1) is 17.9 Å². The van der Waals surface area contributed by atoms with E-state index in [1.807, 2.05) is 37.9 Å². The molecular weight excluding hydrogens is 272 g/mol. The van der Waals surface area contributed by atoms with E-state index in [-0.39, 0.29) is 0 Å². The normalized spacial score (nSPS) is 11.0. The minimum absolute atomic E-state index is 0.923. The molecule has 4 rings (SSSR count). The van der Waals surface area contributed by atoms with Crippen molar-refractivity contribution in [1.82, 2.24) is 19.7 Å². The maximum Gasteiger partial charge on any atom is 0.0894 e. The first-order valence-electron chi connectivity index (χ1n) is 7.01. The maximum atomic E-state index is 4.36. The van der Waals surface area contributed by atoms with Crippen LogP contribution in [0, 0.1) is 6.20 Å². The summed E-state index contributed by atoms with van der Waals surface area (Å²) in [4.78, 5) is 8.67. The summed E-state index contributed by atoms with van der Waals surface area (Å²) in [7, 11) is 1.92. The van der Waals surface area contributed by atoms with Gasteiger partial charge in [0.25, 0.3) is 0 Å². The van der Waals surface area contributed by atoms with E-state index in [0.29, 0.717) is 0 Å². The van der Waals surface area contributed by atoms with Gasteiger partial charge in [-0.2, -0.15) is 5.10 Å². The zero-order chi connectivity index (χ0) is 14.9. The van der Waals surface area contributed by atoms with Gasteiger partial charge in [-0.25, -0.2) is 4.98 Å². The van der Waals surface area contributed by atoms with Gasteiger partial charge in [-0.1, -0.05) is 24.3 Å². The molecule has 0 aliphatic carbocycles. The average molecular weight is 285 g/mol. The van der Waals surface area contributed by atoms with Gasteiger partial charge < -0.3 is 0 Å². The number of aromatic nitrogens is 4. The van der Waals surface area contributed by atoms with E-state index in [0.717, 1.165) is 33.2 Å². The third kappa shape index (κ3) is 2.15. The second-order valence-corrected chi connectivity index (χ2v) is 5.18. The molecule has 3 heterocycles. The number of hydrogen-bond acceptors (Lipinski definition) is 3. The lowest BCUT2D eigenvalue weighted by Crippen LogP contribution is -1.87. The van der Waals surface area contributed by atoms with Crippen LogP contribution < -0.4 is 0 Å². The molecule has 0 bridgehead atoms. The first kappa shape index (κ1) is 12.7. The molecule has 0 aliphatic heterocycles. The van der Waals surface area contributed by atoms with Gasteiger partial charge in [-0.05, 0) is 23.3 Å². The first-order valence-corrected chi connectivity index (χ1v) is 7.01. The van der Waals surface area contributed by atoms with E-state index in [9.17, 15) is 0 Å². The Morgan fingerprint density at radius 3 is 2.50 bits per heavy atom. The molecular formula is C18H13N4. The Balaban J connectivity index is 1.79. The van der Waals surface area contributed by atoms with Crippen molar-refractivity contribution in [2.45, 2.75) is 0 Å². The van der Waals surface area contributed by atoms with Gasteiger partial charge in [-0.3, -0.25) is 9.67 Å². The SMILES string of the molecule is Cn1cc(-c2ccc(-c3cncc4cc[c]nc34)cc2)cn1. The summed E-state index contributed by atoms with van der Waals surface area (Å²) in [6.07, 6.45) is 10.4. The summed E-state index contributed by atoms with van der Waals surface area (Å²) < 4.78 is 1.80. The molecule has 0 N–H and O–H groups in total. The number of aryl methyl sites for hydroxylation is 1. The number of fused-ring (bicyclic) bond motifs is 1. The lowest BCUT2D eigenvalue weighted by molar-refractivity contribution is 0.768. The molecule has 0 fully saturated rings. The van der Waals surface area contributed by atoms with Crippen LogP contribution in [0.4, 0.5) is 0 Å². The predicted octanol–water partition coefficient (Wildman–Crippen LogP) is 3.50. The quantitative estimate of drug-likeness (QED) is 0.566. The number of rotatable bonds is 2. The van der Waals surface area contributed by atoms with Crippen LogP contribution in [0.5, 0.6) is 0 Å². The minimum Gasteiger partial charge on any atom is -0.275 e. The van der Waals surface area contributed by atoms with Crippen molar-refractivity contribution in [2.24, 2.45) is 7.05 Å². The molecule has 0 spiro atoms. The Hall–Kier alpha value is -3.01. The highest BCUT2D eigenvalue weighted by molar-refractivity contribution is 5.92. The summed E-state index contributed by atoms with van der Waals surface area (Å²) in [5.74, 6) is 0. The second-order valence-electron chi connectivity index (χ2n) is 5.18. The highest BCUT2D eigenvalue weighted by Gasteiger charge is 2.06. The minimum atomic E-state index is 0.923. The van der Waals surface area contributed by atoms with Crippen LogP contribution in [-0.2, 0) is 7.05 Å². The first-order chi connectivity index (χ1) is 10.8. The van der Waals surface area contributed by atoms with Crippen molar-refractivity contribution in [3.63, 3.8) is 0 Å². The Morgan fingerprint density at radius 2 is 1.73 bits per heavy atom. The third-order valence-corrected chi connectivity index (χ3v) is 3.69. The van der Waals surface area contributed by atoms with Crippen molar-refractivity contribution >= 4 is 10.9 Å². The van der Waals surface area contributed by atoms with Crippen LogP contribution in [0.2, 0.25) is 0 Å². The Bertz CT molecular complexity index is 933. The van der Waals surface area contributed by atoms with E-state index in [1.54, 1.807) is 10.7 Å². The second kappa shape index (κ2) is 5.07. The Labute approximate surface area is 128 Å². The van der Waals surface area contributed by atoms with E-state index >= 15 is 0 Å². The number of nitrogens with zero attached hydrogens (tertiary/aromatic N) is 4. The molecule has 0 amide bonds. The molecule has 1 radical (unpaired) electrons. The predicted molar refractivity (Wildman–Crippen MR) is 86.0 cm³/mol. The smallest absolute Gasteiger partial charge is 0.0894 e. The van der Waals surface area contributed by atoms with Crippen LogP contribution in [0.3, 0.4) is 0 Å². The molecule has 0 unspecified atom stereocenters. The summed E-state index contributed by atoms with van der Waals surface area (Å²) in [5, 5.41) is 5.23. The lowest BCUT2D eigenvalue weighted by atomic mass is 10.0. The number of pyridine rings is 2. The van der Waals surface area contributed by atoms with Crippen molar-refractivity contribution in [2.75, 3.05) is 0 Å². The van der Waals surface area contributed by atoms with Crippen LogP contribution >= 0.6 is 0 Å². The Morgan fingerprint density at radius 1 is 0.909 bits per heavy atom. The van der Waals surface area contributed by atoms with Crippen molar-refractivity contribution in [3.8, 4) is 22.3 Å². The maximum absolute atomic E-state index is 4.36. The summed E-state index contributed by atoms with van der Waals surface area (Å²) >= 11 is 0. The molecule has 1 aromatic carbocycles. The molecule has 0 saturated heterocycles. The van der Waals surface area contributed by atoms with E-state index in [4.69, 9.17) is 0 Å². The monoisotopic (exact) mass is 285 g/mol. The van der Waals surface area contributed by atoms with E-state index in [2.05, 4.69) is 45.5 Å². The fraction of sp³-hybridized carbons (Fsp3) is 0.0556. The molecule has 3 aromatic heterocycles. The lowest BCUT2D eigenvalue weighted by Gasteiger charge is -2.06. The zero-order valence-corrected chi connectivity index (χ0v) is 12.1. The highest BCUT2D eigenvalue weighted by atomic mass is 15.2. The van der Waals surface area contributed by atoms with Gasteiger partial charge in [0.15, 0.2) is 0 Å². The van der Waals surface area contributed by atoms with Gasteiger partial charge >= 0.3 is 0 Å². The number of hydrogen-bond donors (Lipinski definition) is 0. The van der Waals surface area contributed by atoms with Crippen LogP contribution in [0.15, 0.2) is 61.2 Å². The van der Waals surface area contributed by atoms with Crippen molar-refractivity contribution in [3.05, 3.63) is 67.4 Å². The highest BCUT2D eigenvalue weighted by Crippen LogP contribution is 2.28. The molecule has 4 heteroatoms. The van der Waals surface area contributed by atoms with Gasteiger partial charge in [0, 0.05) is 42.2 Å². The molecule has 0 saturated carbocycles. The zero-order valence-electron chi connectivity index (χ0n) is 12.1. The van der Waals surface area contributed by atoms with Gasteiger partial charge in [-0.15, -0.1) is 0 Å². The molecule has 4 aromatic rings. The third-order valence-electron chi connectivity index (χ3n) is 3.69. The van der Waals surface area contributed by atoms with Crippen LogP contribution in [0.1, 0.15) is 0 Å². The summed E-state index contributed by atoms with van der Waals surface area (Å²) in [6, 6.07) is 12.2. The fourth-order valence-electron chi connectivity index (χ4n) is 2.57. The molecule has 22 heavy (non-hydrogen) atoms. The molecule has 4 nitrogen and oxygen atoms in total. The average Bonchev–Trinajstić information content (AvgIpc) is 3.01. The van der Waals surface area contributed by atoms with Crippen LogP contribution in [-0.4, -0.2) is 19.7 Å². The van der Waals surface area contributed by atoms with E-state index in [1.165, 1.54) is 0 Å². The molecule has 0 aliphatic rings. The van der Waals surface area contributed by atoms with Gasteiger partial charge in [0.1, 0.15) is 0 Å². The summed E-state index contributed by atoms with van der Waals surface area (Å²) in [6.45, 7) is 0. The molecule has 0 atom stereocenters.